The highest BCUT2D eigenvalue weighted by Crippen LogP contribution is 2.47. The number of Topliss-reactive ketones (excluding diaryl/α,β-unsaturated/α-hetero) is 2. The summed E-state index contributed by atoms with van der Waals surface area (Å²) >= 11 is 0. The topological polar surface area (TPSA) is 150 Å². The number of methoxy groups -OCH3 is 1. The smallest absolute Gasteiger partial charge is 0.137 e. The second-order valence-corrected chi connectivity index (χ2v) is 16.3. The van der Waals surface area contributed by atoms with Crippen molar-refractivity contribution >= 4 is 11.6 Å². The molecule has 4 aliphatic carbocycles. The molecular weight excluding hydrogens is 592 g/mol. The van der Waals surface area contributed by atoms with Crippen LogP contribution in [0, 0.1) is 71.0 Å². The van der Waals surface area contributed by atoms with Gasteiger partial charge in [0.15, 0.2) is 0 Å². The van der Waals surface area contributed by atoms with Gasteiger partial charge in [0.2, 0.25) is 0 Å². The second-order valence-electron chi connectivity index (χ2n) is 16.3. The van der Waals surface area contributed by atoms with Gasteiger partial charge in [0.25, 0.3) is 0 Å². The van der Waals surface area contributed by atoms with Crippen molar-refractivity contribution in [2.24, 2.45) is 64.9 Å². The zero-order chi connectivity index (χ0) is 33.5. The number of hydrogen-bond acceptors (Lipinski definition) is 7. The average molecular weight is 657 g/mol. The Morgan fingerprint density at radius 3 is 2.47 bits per heavy atom. The van der Waals surface area contributed by atoms with Crippen molar-refractivity contribution in [1.82, 2.24) is 0 Å². The van der Waals surface area contributed by atoms with Gasteiger partial charge in [-0.25, -0.2) is 0 Å². The molecule has 8 heteroatoms. The molecule has 266 valence electrons. The molecule has 0 amide bonds. The molecule has 0 bridgehead atoms. The maximum atomic E-state index is 14.2. The first-order chi connectivity index (χ1) is 22.7. The SMILES string of the molecule is CCC[C@H](CO)[C@H]1C[C@@H](CC2CC[NH2+]C(N)C2)C[C@@H]2C#C[C@H](C3CCCCC3)C3CC(O)C(OC)CC3CCC(=O)[C@H]([O-])C(=O)[C@H]2C1. The van der Waals surface area contributed by atoms with E-state index >= 15 is 0 Å². The van der Waals surface area contributed by atoms with E-state index in [4.69, 9.17) is 10.5 Å². The number of aliphatic hydroxyl groups excluding tert-OH is 2. The Balaban J connectivity index is 1.54. The summed E-state index contributed by atoms with van der Waals surface area (Å²) in [5, 5.41) is 37.6. The van der Waals surface area contributed by atoms with Crippen molar-refractivity contribution in [2.45, 2.75) is 141 Å². The van der Waals surface area contributed by atoms with E-state index in [-0.39, 0.29) is 60.8 Å². The third kappa shape index (κ3) is 9.27. The molecule has 13 atom stereocenters. The Hall–Kier alpha value is -1.34. The van der Waals surface area contributed by atoms with Crippen LogP contribution in [0.15, 0.2) is 0 Å². The number of aliphatic hydroxyl groups is 2. The Morgan fingerprint density at radius 2 is 1.77 bits per heavy atom. The van der Waals surface area contributed by atoms with Gasteiger partial charge in [-0.3, -0.25) is 5.73 Å². The summed E-state index contributed by atoms with van der Waals surface area (Å²) in [4.78, 5) is 27.7. The van der Waals surface area contributed by atoms with E-state index in [9.17, 15) is 24.9 Å². The first kappa shape index (κ1) is 36.9. The van der Waals surface area contributed by atoms with Gasteiger partial charge in [-0.15, -0.1) is 0 Å². The van der Waals surface area contributed by atoms with Crippen LogP contribution in [0.4, 0.5) is 0 Å². The first-order valence-corrected chi connectivity index (χ1v) is 19.4. The molecule has 0 radical (unpaired) electrons. The number of quaternary nitrogens is 1. The molecule has 5 rings (SSSR count). The van der Waals surface area contributed by atoms with E-state index < -0.39 is 29.7 Å². The number of piperidine rings is 1. The minimum Gasteiger partial charge on any atom is -0.841 e. The summed E-state index contributed by atoms with van der Waals surface area (Å²) < 4.78 is 5.68. The van der Waals surface area contributed by atoms with Crippen LogP contribution in [0.2, 0.25) is 0 Å². The van der Waals surface area contributed by atoms with Gasteiger partial charge in [-0.2, -0.15) is 0 Å². The molecule has 47 heavy (non-hydrogen) atoms. The summed E-state index contributed by atoms with van der Waals surface area (Å²) in [6.07, 6.45) is 12.3. The number of carbonyl (C=O) groups excluding carboxylic acids is 2. The third-order valence-corrected chi connectivity index (χ3v) is 13.3. The van der Waals surface area contributed by atoms with E-state index in [0.29, 0.717) is 43.4 Å². The minimum atomic E-state index is -1.88. The van der Waals surface area contributed by atoms with Crippen molar-refractivity contribution in [3.05, 3.63) is 0 Å². The van der Waals surface area contributed by atoms with Gasteiger partial charge < -0.3 is 35.0 Å². The highest BCUT2D eigenvalue weighted by molar-refractivity contribution is 6.05. The van der Waals surface area contributed by atoms with Crippen molar-refractivity contribution in [1.29, 1.82) is 0 Å². The Bertz CT molecular complexity index is 1080. The maximum Gasteiger partial charge on any atom is 0.137 e. The van der Waals surface area contributed by atoms with E-state index in [2.05, 4.69) is 24.1 Å². The van der Waals surface area contributed by atoms with Crippen LogP contribution in [0.1, 0.15) is 116 Å². The zero-order valence-corrected chi connectivity index (χ0v) is 29.2. The molecule has 4 fully saturated rings. The Labute approximate surface area is 283 Å². The van der Waals surface area contributed by atoms with Crippen molar-refractivity contribution in [3.63, 3.8) is 0 Å². The molecular formula is C39H64N2O6. The molecule has 6 unspecified atom stereocenters. The maximum absolute atomic E-state index is 14.2. The van der Waals surface area contributed by atoms with E-state index in [1.807, 2.05) is 0 Å². The monoisotopic (exact) mass is 656 g/mol. The largest absolute Gasteiger partial charge is 0.841 e. The van der Waals surface area contributed by atoms with Crippen LogP contribution in [0.3, 0.4) is 0 Å². The fourth-order valence-electron chi connectivity index (χ4n) is 10.7. The van der Waals surface area contributed by atoms with E-state index in [1.54, 1.807) is 7.11 Å². The van der Waals surface area contributed by atoms with Crippen molar-refractivity contribution in [3.8, 4) is 11.8 Å². The Morgan fingerprint density at radius 1 is 0.979 bits per heavy atom. The van der Waals surface area contributed by atoms with Crippen molar-refractivity contribution in [2.75, 3.05) is 20.3 Å². The lowest BCUT2D eigenvalue weighted by Gasteiger charge is -2.44. The first-order valence-electron chi connectivity index (χ1n) is 19.4. The quantitative estimate of drug-likeness (QED) is 0.232. The average Bonchev–Trinajstić information content (AvgIpc) is 3.25. The van der Waals surface area contributed by atoms with Crippen LogP contribution < -0.4 is 16.2 Å². The lowest BCUT2D eigenvalue weighted by atomic mass is 9.63. The van der Waals surface area contributed by atoms with Crippen LogP contribution >= 0.6 is 0 Å². The standard InChI is InChI=1S/C39H63N2O6/c1-3-7-29(23-42)30-18-25(16-24-14-15-41-37(40)19-24)17-27-10-12-31(26-8-5-4-6-9-26)32-22-35(44)36(47-2)21-28(32)11-13-34(43)39(46)38(45)33(27)20-30/h24-33,35-37,39,41-42,44H,3-9,11,13-23,40H2,1-2H3/q-1/p+1/t24?,25-,27-,28?,29+,30-,31+,32?,33-,35?,36?,37?,39-/m0/s1. The van der Waals surface area contributed by atoms with Gasteiger partial charge in [0.1, 0.15) is 17.7 Å². The zero-order valence-electron chi connectivity index (χ0n) is 29.2. The summed E-state index contributed by atoms with van der Waals surface area (Å²) in [6, 6.07) is 0. The summed E-state index contributed by atoms with van der Waals surface area (Å²) in [7, 11) is 1.64. The predicted molar refractivity (Wildman–Crippen MR) is 179 cm³/mol. The van der Waals surface area contributed by atoms with E-state index in [1.165, 1.54) is 19.3 Å². The molecule has 0 aromatic carbocycles. The molecule has 1 heterocycles. The van der Waals surface area contributed by atoms with Gasteiger partial charge in [-0.05, 0) is 118 Å². The van der Waals surface area contributed by atoms with Crippen LogP contribution in [0.5, 0.6) is 0 Å². The third-order valence-electron chi connectivity index (χ3n) is 13.3. The van der Waals surface area contributed by atoms with Gasteiger partial charge >= 0.3 is 0 Å². The Kier molecular flexibility index (Phi) is 13.8. The summed E-state index contributed by atoms with van der Waals surface area (Å²) in [6.45, 7) is 3.24. The van der Waals surface area contributed by atoms with Gasteiger partial charge in [0, 0.05) is 44.3 Å². The molecule has 3 saturated carbocycles. The predicted octanol–water partition coefficient (Wildman–Crippen LogP) is 2.95. The molecule has 0 spiro atoms. The van der Waals surface area contributed by atoms with Gasteiger partial charge in [-0.1, -0.05) is 44.4 Å². The number of ketones is 2. The fraction of sp³-hybridized carbons (Fsp3) is 0.897. The molecule has 0 aromatic heterocycles. The summed E-state index contributed by atoms with van der Waals surface area (Å²) in [5.74, 6) is 7.53. The molecule has 6 N–H and O–H groups in total. The van der Waals surface area contributed by atoms with Gasteiger partial charge in [0.05, 0.1) is 18.8 Å². The fourth-order valence-corrected chi connectivity index (χ4v) is 10.7. The number of hydrogen-bond donors (Lipinski definition) is 4. The number of ether oxygens (including phenoxy) is 1. The highest BCUT2D eigenvalue weighted by Gasteiger charge is 2.44. The highest BCUT2D eigenvalue weighted by atomic mass is 16.5. The number of carbonyl (C=O) groups is 2. The lowest BCUT2D eigenvalue weighted by Crippen LogP contribution is -2.94. The molecule has 1 aliphatic heterocycles. The normalized spacial score (nSPS) is 41.7. The van der Waals surface area contributed by atoms with Crippen molar-refractivity contribution < 1.29 is 35.0 Å². The number of rotatable bonds is 8. The summed E-state index contributed by atoms with van der Waals surface area (Å²) in [5.41, 5.74) is 6.37. The van der Waals surface area contributed by atoms with Crippen LogP contribution in [-0.4, -0.2) is 66.5 Å². The van der Waals surface area contributed by atoms with Crippen LogP contribution in [0.25, 0.3) is 0 Å². The molecule has 0 aromatic rings. The second kappa shape index (κ2) is 17.5. The molecule has 1 saturated heterocycles. The number of nitrogens with two attached hydrogens (primary N) is 2. The number of fused-ring (bicyclic) bond motifs is 2. The van der Waals surface area contributed by atoms with E-state index in [0.717, 1.165) is 64.3 Å². The molecule has 5 aliphatic rings. The van der Waals surface area contributed by atoms with Crippen LogP contribution in [-0.2, 0) is 14.3 Å². The lowest BCUT2D eigenvalue weighted by molar-refractivity contribution is -0.699. The minimum absolute atomic E-state index is 0.0688. The molecule has 8 nitrogen and oxygen atoms in total.